The largest absolute Gasteiger partial charge is 0.416 e. The predicted molar refractivity (Wildman–Crippen MR) is 103 cm³/mol. The molecule has 1 aromatic carbocycles. The van der Waals surface area contributed by atoms with Gasteiger partial charge in [-0.2, -0.15) is 13.2 Å². The third-order valence-corrected chi connectivity index (χ3v) is 4.20. The van der Waals surface area contributed by atoms with Crippen molar-refractivity contribution in [3.8, 4) is 0 Å². The molecule has 0 spiro atoms. The van der Waals surface area contributed by atoms with Crippen molar-refractivity contribution in [1.29, 1.82) is 0 Å². The Labute approximate surface area is 163 Å². The maximum atomic E-state index is 12.6. The quantitative estimate of drug-likeness (QED) is 0.392. The molecule has 1 aliphatic rings. The van der Waals surface area contributed by atoms with Crippen LogP contribution in [0.1, 0.15) is 37.3 Å². The van der Waals surface area contributed by atoms with Gasteiger partial charge in [0.2, 0.25) is 0 Å². The Morgan fingerprint density at radius 1 is 1.28 bits per heavy atom. The van der Waals surface area contributed by atoms with Gasteiger partial charge in [-0.25, -0.2) is 0 Å². The number of aliphatic hydroxyl groups is 1. The van der Waals surface area contributed by atoms with E-state index >= 15 is 0 Å². The van der Waals surface area contributed by atoms with E-state index in [0.717, 1.165) is 37.0 Å². The fraction of sp³-hybridized carbons (Fsp3) is 0.588. The lowest BCUT2D eigenvalue weighted by atomic mass is 9.80. The summed E-state index contributed by atoms with van der Waals surface area (Å²) < 4.78 is 37.8. The zero-order valence-corrected chi connectivity index (χ0v) is 16.8. The number of alkyl halides is 3. The lowest BCUT2D eigenvalue weighted by Gasteiger charge is -2.35. The number of nitrogens with zero attached hydrogens (tertiary/aromatic N) is 2. The van der Waals surface area contributed by atoms with Gasteiger partial charge in [-0.3, -0.25) is 4.99 Å². The van der Waals surface area contributed by atoms with E-state index in [0.29, 0.717) is 25.6 Å². The van der Waals surface area contributed by atoms with Crippen molar-refractivity contribution >= 4 is 29.9 Å². The SMILES string of the molecule is CCNC(=NCC1(O)CCC1)N(C)Cc1ccc(C(F)(F)F)cc1.I. The van der Waals surface area contributed by atoms with Crippen molar-refractivity contribution in [3.05, 3.63) is 35.4 Å². The number of nitrogens with one attached hydrogen (secondary N) is 1. The Morgan fingerprint density at radius 2 is 1.88 bits per heavy atom. The molecule has 0 radical (unpaired) electrons. The molecule has 2 N–H and O–H groups in total. The highest BCUT2D eigenvalue weighted by Gasteiger charge is 2.34. The van der Waals surface area contributed by atoms with Crippen molar-refractivity contribution in [2.24, 2.45) is 4.99 Å². The van der Waals surface area contributed by atoms with Crippen molar-refractivity contribution in [3.63, 3.8) is 0 Å². The first kappa shape index (κ1) is 22.0. The van der Waals surface area contributed by atoms with Gasteiger partial charge in [-0.15, -0.1) is 24.0 Å². The first-order chi connectivity index (χ1) is 11.2. The molecule has 25 heavy (non-hydrogen) atoms. The first-order valence-corrected chi connectivity index (χ1v) is 8.11. The summed E-state index contributed by atoms with van der Waals surface area (Å²) in [6.45, 7) is 3.39. The number of benzene rings is 1. The van der Waals surface area contributed by atoms with Crippen LogP contribution in [0.4, 0.5) is 13.2 Å². The lowest BCUT2D eigenvalue weighted by Crippen LogP contribution is -2.43. The molecular formula is C17H25F3IN3O. The fourth-order valence-electron chi connectivity index (χ4n) is 2.58. The molecule has 0 aromatic heterocycles. The second-order valence-corrected chi connectivity index (χ2v) is 6.30. The van der Waals surface area contributed by atoms with Crippen LogP contribution in [0.2, 0.25) is 0 Å². The third kappa shape index (κ3) is 6.32. The molecule has 0 aliphatic heterocycles. The zero-order valence-electron chi connectivity index (χ0n) is 14.4. The number of rotatable bonds is 5. The van der Waals surface area contributed by atoms with E-state index in [4.69, 9.17) is 0 Å². The smallest absolute Gasteiger partial charge is 0.388 e. The maximum Gasteiger partial charge on any atom is 0.416 e. The van der Waals surface area contributed by atoms with E-state index < -0.39 is 17.3 Å². The lowest BCUT2D eigenvalue weighted by molar-refractivity contribution is -0.137. The van der Waals surface area contributed by atoms with Crippen molar-refractivity contribution in [2.75, 3.05) is 20.1 Å². The molecule has 0 unspecified atom stereocenters. The van der Waals surface area contributed by atoms with Crippen LogP contribution in [0.3, 0.4) is 0 Å². The minimum Gasteiger partial charge on any atom is -0.388 e. The summed E-state index contributed by atoms with van der Waals surface area (Å²) in [4.78, 5) is 6.30. The van der Waals surface area contributed by atoms with Gasteiger partial charge >= 0.3 is 6.18 Å². The standard InChI is InChI=1S/C17H24F3N3O.HI/c1-3-21-15(22-12-16(24)9-4-10-16)23(2)11-13-5-7-14(8-6-13)17(18,19)20;/h5-8,24H,3-4,9-12H2,1-2H3,(H,21,22);1H. The van der Waals surface area contributed by atoms with E-state index in [1.54, 1.807) is 0 Å². The van der Waals surface area contributed by atoms with Gasteiger partial charge in [-0.05, 0) is 43.9 Å². The summed E-state index contributed by atoms with van der Waals surface area (Å²) >= 11 is 0. The summed E-state index contributed by atoms with van der Waals surface area (Å²) in [7, 11) is 1.82. The highest BCUT2D eigenvalue weighted by molar-refractivity contribution is 14.0. The molecule has 1 aliphatic carbocycles. The highest BCUT2D eigenvalue weighted by atomic mass is 127. The summed E-state index contributed by atoms with van der Waals surface area (Å²) in [5.74, 6) is 0.637. The van der Waals surface area contributed by atoms with Gasteiger partial charge in [-0.1, -0.05) is 12.1 Å². The monoisotopic (exact) mass is 471 g/mol. The zero-order chi connectivity index (χ0) is 17.8. The minimum atomic E-state index is -4.32. The van der Waals surface area contributed by atoms with E-state index in [1.165, 1.54) is 12.1 Å². The third-order valence-electron chi connectivity index (χ3n) is 4.20. The van der Waals surface area contributed by atoms with E-state index in [1.807, 2.05) is 18.9 Å². The molecule has 1 aromatic rings. The molecule has 2 rings (SSSR count). The molecule has 8 heteroatoms. The number of guanidine groups is 1. The molecule has 142 valence electrons. The summed E-state index contributed by atoms with van der Waals surface area (Å²) in [5, 5.41) is 13.3. The van der Waals surface area contributed by atoms with Crippen molar-refractivity contribution in [1.82, 2.24) is 10.2 Å². The second-order valence-electron chi connectivity index (χ2n) is 6.30. The molecule has 0 bridgehead atoms. The van der Waals surface area contributed by atoms with Crippen LogP contribution >= 0.6 is 24.0 Å². The molecular weight excluding hydrogens is 446 g/mol. The molecule has 0 amide bonds. The van der Waals surface area contributed by atoms with Gasteiger partial charge in [0.15, 0.2) is 5.96 Å². The highest BCUT2D eigenvalue weighted by Crippen LogP contribution is 2.31. The van der Waals surface area contributed by atoms with Crippen molar-refractivity contribution < 1.29 is 18.3 Å². The average Bonchev–Trinajstić information content (AvgIpc) is 2.49. The number of hydrogen-bond donors (Lipinski definition) is 2. The normalized spacial score (nSPS) is 16.6. The summed E-state index contributed by atoms with van der Waals surface area (Å²) in [5.41, 5.74) is -0.587. The topological polar surface area (TPSA) is 47.9 Å². The minimum absolute atomic E-state index is 0. The Hall–Kier alpha value is -1.03. The molecule has 0 heterocycles. The Morgan fingerprint density at radius 3 is 2.32 bits per heavy atom. The van der Waals surface area contributed by atoms with Crippen molar-refractivity contribution in [2.45, 2.75) is 44.5 Å². The predicted octanol–water partition coefficient (Wildman–Crippen LogP) is 3.64. The van der Waals surface area contributed by atoms with Gasteiger partial charge in [0.1, 0.15) is 0 Å². The van der Waals surface area contributed by atoms with Gasteiger partial charge in [0, 0.05) is 20.1 Å². The van der Waals surface area contributed by atoms with Gasteiger partial charge in [0.05, 0.1) is 17.7 Å². The Balaban J connectivity index is 0.00000312. The van der Waals surface area contributed by atoms with Gasteiger partial charge < -0.3 is 15.3 Å². The van der Waals surface area contributed by atoms with E-state index in [-0.39, 0.29) is 24.0 Å². The maximum absolute atomic E-state index is 12.6. The van der Waals surface area contributed by atoms with Crippen LogP contribution in [-0.2, 0) is 12.7 Å². The summed E-state index contributed by atoms with van der Waals surface area (Å²) in [6, 6.07) is 5.12. The molecule has 4 nitrogen and oxygen atoms in total. The van der Waals surface area contributed by atoms with Gasteiger partial charge in [0.25, 0.3) is 0 Å². The van der Waals surface area contributed by atoms with Crippen LogP contribution in [-0.4, -0.2) is 41.7 Å². The van der Waals surface area contributed by atoms with Crippen LogP contribution in [0.15, 0.2) is 29.3 Å². The Kier molecular flexibility index (Phi) is 7.98. The van der Waals surface area contributed by atoms with Crippen LogP contribution in [0, 0.1) is 0 Å². The molecule has 0 atom stereocenters. The number of halogens is 4. The summed E-state index contributed by atoms with van der Waals surface area (Å²) in [6.07, 6.45) is -1.78. The van der Waals surface area contributed by atoms with E-state index in [9.17, 15) is 18.3 Å². The Bertz CT molecular complexity index is 571. The van der Waals surface area contributed by atoms with E-state index in [2.05, 4.69) is 10.3 Å². The first-order valence-electron chi connectivity index (χ1n) is 8.11. The average molecular weight is 471 g/mol. The van der Waals surface area contributed by atoms with Crippen LogP contribution < -0.4 is 5.32 Å². The second kappa shape index (κ2) is 9.07. The number of hydrogen-bond acceptors (Lipinski definition) is 2. The fourth-order valence-corrected chi connectivity index (χ4v) is 2.58. The molecule has 0 saturated heterocycles. The molecule has 1 fully saturated rings. The molecule has 1 saturated carbocycles. The van der Waals surface area contributed by atoms with Crippen LogP contribution in [0.25, 0.3) is 0 Å². The number of aliphatic imine (C=N–C) groups is 1. The van der Waals surface area contributed by atoms with Crippen LogP contribution in [0.5, 0.6) is 0 Å².